The Morgan fingerprint density at radius 2 is 1.29 bits per heavy atom. The molecule has 0 aliphatic rings. The molecule has 0 atom stereocenters. The third-order valence-corrected chi connectivity index (χ3v) is 6.12. The largest absolute Gasteiger partial charge is 0.485 e. The Labute approximate surface area is 244 Å². The quantitative estimate of drug-likeness (QED) is 0.0787. The van der Waals surface area contributed by atoms with Crippen molar-refractivity contribution in [3.8, 4) is 28.4 Å². The zero-order valence-electron chi connectivity index (χ0n) is 23.4. The number of ether oxygens (including phenoxy) is 4. The Bertz CT molecular complexity index is 1660. The average Bonchev–Trinajstić information content (AvgIpc) is 2.99. The van der Waals surface area contributed by atoms with Gasteiger partial charge in [0.1, 0.15) is 17.2 Å². The van der Waals surface area contributed by atoms with Crippen LogP contribution in [-0.2, 0) is 19.1 Å². The standard InChI is InChI=1S/C35H30O7/c1-23(2)33(36)21-39-32-17-12-28-19-25(5-7-29(28)20-32)6-18-34(37)42-31-15-10-27(11-16-31)26-8-13-30(14-9-26)40-22-41-35(38)24(3)4/h5-20H,1,3,21-22H2,2,4H3/b18-6+. The summed E-state index contributed by atoms with van der Waals surface area (Å²) in [6.07, 6.45) is 3.07. The number of esters is 2. The molecule has 4 aromatic carbocycles. The summed E-state index contributed by atoms with van der Waals surface area (Å²) in [5.74, 6) is 0.430. The molecule has 0 aliphatic carbocycles. The van der Waals surface area contributed by atoms with Crippen LogP contribution in [0.2, 0.25) is 0 Å². The highest BCUT2D eigenvalue weighted by Gasteiger charge is 2.07. The Hall–Kier alpha value is -5.43. The second-order valence-electron chi connectivity index (χ2n) is 9.54. The van der Waals surface area contributed by atoms with Gasteiger partial charge in [-0.3, -0.25) is 4.79 Å². The number of rotatable bonds is 12. The first-order valence-corrected chi connectivity index (χ1v) is 13.1. The number of ketones is 1. The third-order valence-electron chi connectivity index (χ3n) is 6.12. The molecule has 0 unspecified atom stereocenters. The fourth-order valence-electron chi connectivity index (χ4n) is 3.76. The Morgan fingerprint density at radius 3 is 1.93 bits per heavy atom. The van der Waals surface area contributed by atoms with Gasteiger partial charge in [0, 0.05) is 11.6 Å². The van der Waals surface area contributed by atoms with Crippen LogP contribution >= 0.6 is 0 Å². The molecule has 0 radical (unpaired) electrons. The monoisotopic (exact) mass is 562 g/mol. The predicted octanol–water partition coefficient (Wildman–Crippen LogP) is 7.11. The molecule has 0 aromatic heterocycles. The van der Waals surface area contributed by atoms with Crippen molar-refractivity contribution in [1.29, 1.82) is 0 Å². The second kappa shape index (κ2) is 13.8. The van der Waals surface area contributed by atoms with Crippen LogP contribution in [0.3, 0.4) is 0 Å². The Balaban J connectivity index is 1.30. The van der Waals surface area contributed by atoms with Gasteiger partial charge in [-0.1, -0.05) is 55.6 Å². The summed E-state index contributed by atoms with van der Waals surface area (Å²) in [5, 5.41) is 1.91. The normalized spacial score (nSPS) is 10.7. The zero-order valence-corrected chi connectivity index (χ0v) is 23.4. The summed E-state index contributed by atoms with van der Waals surface area (Å²) >= 11 is 0. The molecule has 4 aromatic rings. The van der Waals surface area contributed by atoms with Crippen LogP contribution in [0.5, 0.6) is 17.2 Å². The summed E-state index contributed by atoms with van der Waals surface area (Å²) < 4.78 is 21.4. The lowest BCUT2D eigenvalue weighted by molar-refractivity contribution is -0.145. The average molecular weight is 563 g/mol. The van der Waals surface area contributed by atoms with Crippen LogP contribution in [0, 0.1) is 0 Å². The number of carbonyl (C=O) groups is 3. The van der Waals surface area contributed by atoms with E-state index in [-0.39, 0.29) is 19.2 Å². The molecule has 212 valence electrons. The molecular weight excluding hydrogens is 532 g/mol. The third kappa shape index (κ3) is 8.29. The van der Waals surface area contributed by atoms with Gasteiger partial charge in [0.05, 0.1) is 0 Å². The molecule has 42 heavy (non-hydrogen) atoms. The molecule has 0 fully saturated rings. The van der Waals surface area contributed by atoms with E-state index in [0.717, 1.165) is 27.5 Å². The van der Waals surface area contributed by atoms with Crippen molar-refractivity contribution in [1.82, 2.24) is 0 Å². The molecule has 0 heterocycles. The molecule has 0 N–H and O–H groups in total. The fourth-order valence-corrected chi connectivity index (χ4v) is 3.76. The molecule has 0 amide bonds. The Morgan fingerprint density at radius 1 is 0.690 bits per heavy atom. The van der Waals surface area contributed by atoms with E-state index < -0.39 is 11.9 Å². The van der Waals surface area contributed by atoms with Crippen molar-refractivity contribution >= 4 is 34.6 Å². The molecule has 0 bridgehead atoms. The number of hydrogen-bond donors (Lipinski definition) is 0. The van der Waals surface area contributed by atoms with Crippen molar-refractivity contribution in [3.63, 3.8) is 0 Å². The van der Waals surface area contributed by atoms with Gasteiger partial charge < -0.3 is 18.9 Å². The molecule has 0 spiro atoms. The topological polar surface area (TPSA) is 88.1 Å². The molecule has 7 heteroatoms. The lowest BCUT2D eigenvalue weighted by atomic mass is 10.1. The van der Waals surface area contributed by atoms with Crippen molar-refractivity contribution in [2.24, 2.45) is 0 Å². The van der Waals surface area contributed by atoms with Crippen molar-refractivity contribution in [3.05, 3.63) is 121 Å². The van der Waals surface area contributed by atoms with E-state index >= 15 is 0 Å². The summed E-state index contributed by atoms with van der Waals surface area (Å²) in [4.78, 5) is 35.6. The van der Waals surface area contributed by atoms with Crippen LogP contribution in [0.1, 0.15) is 19.4 Å². The van der Waals surface area contributed by atoms with Gasteiger partial charge in [-0.05, 0) is 95.4 Å². The van der Waals surface area contributed by atoms with Crippen LogP contribution in [0.15, 0.2) is 115 Å². The van der Waals surface area contributed by atoms with Crippen molar-refractivity contribution < 1.29 is 33.3 Å². The molecule has 0 saturated carbocycles. The van der Waals surface area contributed by atoms with Gasteiger partial charge in [0.15, 0.2) is 12.4 Å². The second-order valence-corrected chi connectivity index (χ2v) is 9.54. The number of fused-ring (bicyclic) bond motifs is 1. The summed E-state index contributed by atoms with van der Waals surface area (Å²) in [5.41, 5.74) is 3.47. The van der Waals surface area contributed by atoms with E-state index in [9.17, 15) is 14.4 Å². The van der Waals surface area contributed by atoms with Crippen LogP contribution in [0.25, 0.3) is 28.0 Å². The summed E-state index contributed by atoms with van der Waals surface area (Å²) in [6.45, 7) is 10.1. The van der Waals surface area contributed by atoms with Gasteiger partial charge in [0.25, 0.3) is 0 Å². The molecule has 0 saturated heterocycles. The number of hydrogen-bond acceptors (Lipinski definition) is 7. The number of carbonyl (C=O) groups excluding carboxylic acids is 3. The zero-order chi connectivity index (χ0) is 30.1. The minimum absolute atomic E-state index is 0.0488. The maximum Gasteiger partial charge on any atom is 0.336 e. The van der Waals surface area contributed by atoms with Gasteiger partial charge in [0.2, 0.25) is 6.79 Å². The first-order valence-electron chi connectivity index (χ1n) is 13.1. The number of Topliss-reactive ketones (excluding diaryl/α,β-unsaturated/α-hetero) is 1. The molecule has 7 nitrogen and oxygen atoms in total. The maximum atomic E-state index is 12.4. The molecule has 4 rings (SSSR count). The van der Waals surface area contributed by atoms with Crippen molar-refractivity contribution in [2.45, 2.75) is 13.8 Å². The summed E-state index contributed by atoms with van der Waals surface area (Å²) in [6, 6.07) is 25.8. The number of benzene rings is 4. The van der Waals surface area contributed by atoms with Crippen LogP contribution < -0.4 is 14.2 Å². The first kappa shape index (κ1) is 29.6. The van der Waals surface area contributed by atoms with Crippen LogP contribution in [-0.4, -0.2) is 31.1 Å². The first-order chi connectivity index (χ1) is 20.2. The smallest absolute Gasteiger partial charge is 0.336 e. The maximum absolute atomic E-state index is 12.4. The minimum Gasteiger partial charge on any atom is -0.485 e. The van der Waals surface area contributed by atoms with E-state index in [4.69, 9.17) is 18.9 Å². The predicted molar refractivity (Wildman–Crippen MR) is 162 cm³/mol. The molecule has 0 aliphatic heterocycles. The highest BCUT2D eigenvalue weighted by atomic mass is 16.7. The Kier molecular flexibility index (Phi) is 9.69. The van der Waals surface area contributed by atoms with Gasteiger partial charge in [-0.2, -0.15) is 0 Å². The molecular formula is C35H30O7. The van der Waals surface area contributed by atoms with Gasteiger partial charge in [-0.15, -0.1) is 0 Å². The van der Waals surface area contributed by atoms with Crippen LogP contribution in [0.4, 0.5) is 0 Å². The van der Waals surface area contributed by atoms with Gasteiger partial charge >= 0.3 is 11.9 Å². The van der Waals surface area contributed by atoms with Gasteiger partial charge in [-0.25, -0.2) is 9.59 Å². The van der Waals surface area contributed by atoms with Crippen molar-refractivity contribution in [2.75, 3.05) is 13.4 Å². The fraction of sp³-hybridized carbons (Fsp3) is 0.114. The van der Waals surface area contributed by atoms with E-state index in [0.29, 0.717) is 28.4 Å². The lowest BCUT2D eigenvalue weighted by Gasteiger charge is -2.08. The SMILES string of the molecule is C=C(C)C(=O)COc1ccc2cc(/C=C/C(=O)Oc3ccc(-c4ccc(OCOC(=O)C(=C)C)cc4)cc3)ccc2c1. The van der Waals surface area contributed by atoms with E-state index in [1.54, 1.807) is 50.3 Å². The highest BCUT2D eigenvalue weighted by molar-refractivity contribution is 5.95. The van der Waals surface area contributed by atoms with E-state index in [2.05, 4.69) is 13.2 Å². The highest BCUT2D eigenvalue weighted by Crippen LogP contribution is 2.26. The van der Waals surface area contributed by atoms with E-state index in [1.165, 1.54) is 6.08 Å². The lowest BCUT2D eigenvalue weighted by Crippen LogP contribution is -2.11. The minimum atomic E-state index is -0.507. The summed E-state index contributed by atoms with van der Waals surface area (Å²) in [7, 11) is 0. The van der Waals surface area contributed by atoms with E-state index in [1.807, 2.05) is 54.6 Å².